The molecule has 0 aliphatic carbocycles. The third kappa shape index (κ3) is 5.73. The third-order valence-corrected chi connectivity index (χ3v) is 12.0. The Labute approximate surface area is 258 Å². The molecule has 9 heteroatoms. The van der Waals surface area contributed by atoms with Crippen molar-refractivity contribution in [1.82, 2.24) is 0 Å². The number of Topliss-reactive ketones (excluding diaryl/α,β-unsaturated/α-hetero) is 1. The number of carboxylic acids is 1. The van der Waals surface area contributed by atoms with Crippen LogP contribution in [0.2, 0.25) is 0 Å². The van der Waals surface area contributed by atoms with Crippen LogP contribution >= 0.6 is 0 Å². The van der Waals surface area contributed by atoms with Gasteiger partial charge in [-0.15, -0.1) is 0 Å². The SMILES string of the molecule is CCC1OC2(C3(C)CC(C)C(C(CC)C(=O)C(C)C(O)C(C)C4OC(O)(CC(=O)O)C(C)CC4C)O3)OC1C(CC)C2C. The number of aliphatic hydroxyl groups excluding tert-OH is 1. The first-order valence-electron chi connectivity index (χ1n) is 16.9. The molecule has 4 heterocycles. The Hall–Kier alpha value is -1.10. The Morgan fingerprint density at radius 2 is 1.58 bits per heavy atom. The summed E-state index contributed by atoms with van der Waals surface area (Å²) >= 11 is 0. The summed E-state index contributed by atoms with van der Waals surface area (Å²) in [6.45, 7) is 20.1. The fourth-order valence-corrected chi connectivity index (χ4v) is 9.43. The maximum Gasteiger partial charge on any atom is 0.308 e. The number of carboxylic acid groups (broad SMARTS) is 1. The minimum Gasteiger partial charge on any atom is -0.481 e. The zero-order valence-corrected chi connectivity index (χ0v) is 28.0. The highest BCUT2D eigenvalue weighted by Crippen LogP contribution is 2.61. The fraction of sp³-hybridized carbons (Fsp3) is 0.941. The minimum absolute atomic E-state index is 0.0290. The molecule has 248 valence electrons. The van der Waals surface area contributed by atoms with Gasteiger partial charge in [0.05, 0.1) is 36.9 Å². The van der Waals surface area contributed by atoms with Crippen LogP contribution in [0.15, 0.2) is 0 Å². The van der Waals surface area contributed by atoms with Gasteiger partial charge in [0.2, 0.25) is 5.79 Å². The molecule has 3 N–H and O–H groups in total. The molecular formula is C34H58O9. The first-order valence-corrected chi connectivity index (χ1v) is 16.9. The van der Waals surface area contributed by atoms with Gasteiger partial charge in [0, 0.05) is 29.6 Å². The van der Waals surface area contributed by atoms with Gasteiger partial charge in [-0.1, -0.05) is 68.7 Å². The Bertz CT molecular complexity index is 1020. The fourth-order valence-electron chi connectivity index (χ4n) is 9.43. The highest BCUT2D eigenvalue weighted by molar-refractivity contribution is 5.84. The lowest BCUT2D eigenvalue weighted by Crippen LogP contribution is -2.58. The summed E-state index contributed by atoms with van der Waals surface area (Å²) in [6.07, 6.45) is 1.33. The van der Waals surface area contributed by atoms with Crippen LogP contribution in [0, 0.1) is 47.3 Å². The number of aliphatic carboxylic acids is 1. The van der Waals surface area contributed by atoms with E-state index in [4.69, 9.17) is 18.9 Å². The molecule has 2 bridgehead atoms. The topological polar surface area (TPSA) is 132 Å². The number of carbonyl (C=O) groups excluding carboxylic acids is 1. The molecule has 0 aromatic heterocycles. The number of carbonyl (C=O) groups is 2. The van der Waals surface area contributed by atoms with Crippen molar-refractivity contribution in [2.75, 3.05) is 0 Å². The number of ether oxygens (including phenoxy) is 4. The Kier molecular flexibility index (Phi) is 10.2. The monoisotopic (exact) mass is 610 g/mol. The lowest BCUT2D eigenvalue weighted by molar-refractivity contribution is -0.306. The normalized spacial score (nSPS) is 47.3. The summed E-state index contributed by atoms with van der Waals surface area (Å²) in [5, 5.41) is 31.9. The predicted molar refractivity (Wildman–Crippen MR) is 161 cm³/mol. The maximum absolute atomic E-state index is 14.1. The molecule has 4 aliphatic rings. The first-order chi connectivity index (χ1) is 20.0. The highest BCUT2D eigenvalue weighted by Gasteiger charge is 2.72. The van der Waals surface area contributed by atoms with Crippen molar-refractivity contribution in [2.45, 2.75) is 155 Å². The number of ketones is 1. The Morgan fingerprint density at radius 3 is 2.14 bits per heavy atom. The zero-order chi connectivity index (χ0) is 32.2. The maximum atomic E-state index is 14.1. The van der Waals surface area contributed by atoms with Crippen molar-refractivity contribution in [3.63, 3.8) is 0 Å². The van der Waals surface area contributed by atoms with Gasteiger partial charge in [0.25, 0.3) is 0 Å². The molecule has 0 saturated carbocycles. The highest BCUT2D eigenvalue weighted by atomic mass is 16.8. The Morgan fingerprint density at radius 1 is 0.930 bits per heavy atom. The smallest absolute Gasteiger partial charge is 0.308 e. The summed E-state index contributed by atoms with van der Waals surface area (Å²) < 4.78 is 26.4. The van der Waals surface area contributed by atoms with E-state index in [1.807, 2.05) is 20.8 Å². The van der Waals surface area contributed by atoms with E-state index >= 15 is 0 Å². The van der Waals surface area contributed by atoms with Crippen molar-refractivity contribution in [3.05, 3.63) is 0 Å². The number of aliphatic hydroxyl groups is 2. The second-order valence-electron chi connectivity index (χ2n) is 14.8. The van der Waals surface area contributed by atoms with Crippen LogP contribution < -0.4 is 0 Å². The summed E-state index contributed by atoms with van der Waals surface area (Å²) in [5.41, 5.74) is -0.706. The molecule has 0 spiro atoms. The van der Waals surface area contributed by atoms with Crippen molar-refractivity contribution in [2.24, 2.45) is 47.3 Å². The molecule has 0 aromatic rings. The van der Waals surface area contributed by atoms with Gasteiger partial charge in [-0.25, -0.2) is 0 Å². The van der Waals surface area contributed by atoms with Crippen LogP contribution in [0.1, 0.15) is 108 Å². The van der Waals surface area contributed by atoms with E-state index in [9.17, 15) is 24.9 Å². The molecule has 4 aliphatic heterocycles. The minimum atomic E-state index is -1.82. The van der Waals surface area contributed by atoms with Gasteiger partial charge in [-0.05, 0) is 50.4 Å². The lowest BCUT2D eigenvalue weighted by atomic mass is 9.72. The molecule has 16 unspecified atom stereocenters. The van der Waals surface area contributed by atoms with E-state index in [0.717, 1.165) is 12.8 Å². The quantitative estimate of drug-likeness (QED) is 0.273. The van der Waals surface area contributed by atoms with Crippen molar-refractivity contribution < 1.29 is 43.9 Å². The van der Waals surface area contributed by atoms with Crippen molar-refractivity contribution in [1.29, 1.82) is 0 Å². The number of fused-ring (bicyclic) bond motifs is 2. The molecule has 4 saturated heterocycles. The number of hydrogen-bond donors (Lipinski definition) is 3. The second kappa shape index (κ2) is 12.6. The van der Waals surface area contributed by atoms with Crippen LogP contribution in [0.3, 0.4) is 0 Å². The molecular weight excluding hydrogens is 552 g/mol. The molecule has 43 heavy (non-hydrogen) atoms. The summed E-state index contributed by atoms with van der Waals surface area (Å²) in [7, 11) is 0. The van der Waals surface area contributed by atoms with Crippen LogP contribution in [-0.4, -0.2) is 74.8 Å². The van der Waals surface area contributed by atoms with Crippen molar-refractivity contribution in [3.8, 4) is 0 Å². The van der Waals surface area contributed by atoms with E-state index in [2.05, 4.69) is 34.6 Å². The van der Waals surface area contributed by atoms with E-state index in [1.165, 1.54) is 0 Å². The van der Waals surface area contributed by atoms with Crippen LogP contribution in [0.25, 0.3) is 0 Å². The van der Waals surface area contributed by atoms with Crippen LogP contribution in [0.4, 0.5) is 0 Å². The molecule has 16 atom stereocenters. The molecule has 4 rings (SSSR count). The average molecular weight is 611 g/mol. The average Bonchev–Trinajstić information content (AvgIpc) is 3.58. The molecule has 0 aromatic carbocycles. The van der Waals surface area contributed by atoms with Crippen LogP contribution in [0.5, 0.6) is 0 Å². The largest absolute Gasteiger partial charge is 0.481 e. The Balaban J connectivity index is 1.50. The van der Waals surface area contributed by atoms with Gasteiger partial charge < -0.3 is 34.3 Å². The van der Waals surface area contributed by atoms with Crippen LogP contribution in [-0.2, 0) is 28.5 Å². The first kappa shape index (κ1) is 34.8. The molecule has 0 radical (unpaired) electrons. The second-order valence-corrected chi connectivity index (χ2v) is 14.8. The predicted octanol–water partition coefficient (Wildman–Crippen LogP) is 5.19. The summed E-state index contributed by atoms with van der Waals surface area (Å²) in [6, 6.07) is 0. The number of rotatable bonds is 12. The molecule has 9 nitrogen and oxygen atoms in total. The summed E-state index contributed by atoms with van der Waals surface area (Å²) in [4.78, 5) is 25.6. The molecule has 4 fully saturated rings. The standard InChI is InChI=1S/C34H58O9/c1-11-23-22(9)34(40-25(13-3)31(23)43-34)32(10)15-18(5)30(41-32)24(12-2)28(38)20(7)27(37)21(8)29-17(4)14-19(6)33(39,42-29)16-26(35)36/h17-25,27,29-31,37,39H,11-16H2,1-10H3,(H,35,36). The van der Waals surface area contributed by atoms with E-state index in [0.29, 0.717) is 25.2 Å². The van der Waals surface area contributed by atoms with Crippen molar-refractivity contribution >= 4 is 11.8 Å². The van der Waals surface area contributed by atoms with Gasteiger partial charge in [0.15, 0.2) is 5.79 Å². The van der Waals surface area contributed by atoms with Gasteiger partial charge in [0.1, 0.15) is 11.4 Å². The van der Waals surface area contributed by atoms with Gasteiger partial charge in [-0.2, -0.15) is 0 Å². The third-order valence-electron chi connectivity index (χ3n) is 12.0. The zero-order valence-electron chi connectivity index (χ0n) is 28.0. The summed E-state index contributed by atoms with van der Waals surface area (Å²) in [5.74, 6) is -5.24. The molecule has 0 amide bonds. The van der Waals surface area contributed by atoms with Gasteiger partial charge in [-0.3, -0.25) is 9.59 Å². The van der Waals surface area contributed by atoms with Gasteiger partial charge >= 0.3 is 5.97 Å². The van der Waals surface area contributed by atoms with E-state index < -0.39 is 59.5 Å². The van der Waals surface area contributed by atoms with E-state index in [-0.39, 0.29) is 47.8 Å². The number of hydrogen-bond acceptors (Lipinski definition) is 8. The lowest BCUT2D eigenvalue weighted by Gasteiger charge is -2.47. The van der Waals surface area contributed by atoms with E-state index in [1.54, 1.807) is 13.8 Å².